The van der Waals surface area contributed by atoms with E-state index >= 15 is 0 Å². The third-order valence-electron chi connectivity index (χ3n) is 2.64. The SMILES string of the molecule is CCc1cnc(CN2CCC(=O)CC2=O)o1. The molecule has 1 amide bonds. The number of hydrogen-bond acceptors (Lipinski definition) is 4. The van der Waals surface area contributed by atoms with Crippen LogP contribution in [0.15, 0.2) is 10.6 Å². The highest BCUT2D eigenvalue weighted by atomic mass is 16.4. The van der Waals surface area contributed by atoms with Crippen LogP contribution >= 0.6 is 0 Å². The molecule has 0 bridgehead atoms. The van der Waals surface area contributed by atoms with E-state index in [9.17, 15) is 9.59 Å². The first-order chi connectivity index (χ1) is 7.69. The van der Waals surface area contributed by atoms with E-state index in [0.717, 1.165) is 12.2 Å². The molecular formula is C11H14N2O3. The molecule has 2 rings (SSSR count). The second-order valence-electron chi connectivity index (χ2n) is 3.85. The smallest absolute Gasteiger partial charge is 0.230 e. The van der Waals surface area contributed by atoms with Gasteiger partial charge in [-0.1, -0.05) is 6.92 Å². The van der Waals surface area contributed by atoms with Crippen LogP contribution < -0.4 is 0 Å². The van der Waals surface area contributed by atoms with Crippen LogP contribution in [0.1, 0.15) is 31.4 Å². The standard InChI is InChI=1S/C11H14N2O3/c1-2-9-6-12-10(16-9)7-13-4-3-8(14)5-11(13)15/h6H,2-5,7H2,1H3. The Hall–Kier alpha value is -1.65. The molecule has 0 spiro atoms. The van der Waals surface area contributed by atoms with E-state index in [4.69, 9.17) is 4.42 Å². The van der Waals surface area contributed by atoms with Crippen molar-refractivity contribution in [2.45, 2.75) is 32.7 Å². The summed E-state index contributed by atoms with van der Waals surface area (Å²) in [6.07, 6.45) is 2.92. The lowest BCUT2D eigenvalue weighted by Gasteiger charge is -2.24. The Kier molecular flexibility index (Phi) is 3.03. The number of Topliss-reactive ketones (excluding diaryl/α,β-unsaturated/α-hetero) is 1. The zero-order valence-corrected chi connectivity index (χ0v) is 9.23. The molecule has 5 heteroatoms. The van der Waals surface area contributed by atoms with E-state index in [-0.39, 0.29) is 18.1 Å². The van der Waals surface area contributed by atoms with Gasteiger partial charge in [0.2, 0.25) is 11.8 Å². The number of oxazole rings is 1. The van der Waals surface area contributed by atoms with Gasteiger partial charge in [0, 0.05) is 19.4 Å². The number of aromatic nitrogens is 1. The summed E-state index contributed by atoms with van der Waals surface area (Å²) in [6.45, 7) is 2.82. The summed E-state index contributed by atoms with van der Waals surface area (Å²) in [6, 6.07) is 0. The van der Waals surface area contributed by atoms with Crippen LogP contribution in [-0.2, 0) is 22.6 Å². The van der Waals surface area contributed by atoms with Crippen molar-refractivity contribution in [1.82, 2.24) is 9.88 Å². The molecule has 1 saturated heterocycles. The van der Waals surface area contributed by atoms with E-state index in [0.29, 0.717) is 25.4 Å². The minimum atomic E-state index is -0.132. The molecular weight excluding hydrogens is 208 g/mol. The number of amides is 1. The van der Waals surface area contributed by atoms with Gasteiger partial charge >= 0.3 is 0 Å². The Morgan fingerprint density at radius 2 is 2.31 bits per heavy atom. The number of piperidine rings is 1. The second kappa shape index (κ2) is 4.47. The summed E-state index contributed by atoms with van der Waals surface area (Å²) in [5.74, 6) is 1.24. The molecule has 86 valence electrons. The number of likely N-dealkylation sites (tertiary alicyclic amines) is 1. The average molecular weight is 222 g/mol. The third kappa shape index (κ3) is 2.29. The summed E-state index contributed by atoms with van der Waals surface area (Å²) in [5.41, 5.74) is 0. The Bertz CT molecular complexity index is 411. The fourth-order valence-electron chi connectivity index (χ4n) is 1.67. The predicted octanol–water partition coefficient (Wildman–Crippen LogP) is 0.929. The zero-order chi connectivity index (χ0) is 11.5. The van der Waals surface area contributed by atoms with Crippen LogP contribution in [0, 0.1) is 0 Å². The molecule has 0 unspecified atom stereocenters. The van der Waals surface area contributed by atoms with Crippen molar-refractivity contribution in [3.8, 4) is 0 Å². The van der Waals surface area contributed by atoms with Gasteiger partial charge in [0.05, 0.1) is 19.2 Å². The lowest BCUT2D eigenvalue weighted by Crippen LogP contribution is -2.38. The summed E-state index contributed by atoms with van der Waals surface area (Å²) in [7, 11) is 0. The van der Waals surface area contributed by atoms with Gasteiger partial charge in [-0.15, -0.1) is 0 Å². The number of rotatable bonds is 3. The molecule has 0 radical (unpaired) electrons. The molecule has 1 aliphatic heterocycles. The minimum absolute atomic E-state index is 0.0152. The highest BCUT2D eigenvalue weighted by Gasteiger charge is 2.24. The lowest BCUT2D eigenvalue weighted by molar-refractivity contribution is -0.140. The number of ketones is 1. The largest absolute Gasteiger partial charge is 0.444 e. The topological polar surface area (TPSA) is 63.4 Å². The fourth-order valence-corrected chi connectivity index (χ4v) is 1.67. The molecule has 0 aromatic carbocycles. The fraction of sp³-hybridized carbons (Fsp3) is 0.545. The van der Waals surface area contributed by atoms with E-state index < -0.39 is 0 Å². The van der Waals surface area contributed by atoms with Crippen LogP contribution in [0.25, 0.3) is 0 Å². The summed E-state index contributed by atoms with van der Waals surface area (Å²) in [5, 5.41) is 0. The van der Waals surface area contributed by atoms with E-state index in [1.807, 2.05) is 6.92 Å². The third-order valence-corrected chi connectivity index (χ3v) is 2.64. The monoisotopic (exact) mass is 222 g/mol. The maximum atomic E-state index is 11.5. The molecule has 1 aromatic rings. The average Bonchev–Trinajstić information content (AvgIpc) is 2.70. The Morgan fingerprint density at radius 3 is 2.94 bits per heavy atom. The van der Waals surface area contributed by atoms with Gasteiger partial charge in [0.1, 0.15) is 11.5 Å². The quantitative estimate of drug-likeness (QED) is 0.714. The van der Waals surface area contributed by atoms with Gasteiger partial charge in [0.15, 0.2) is 0 Å². The van der Waals surface area contributed by atoms with Crippen molar-refractivity contribution in [2.75, 3.05) is 6.54 Å². The highest BCUT2D eigenvalue weighted by molar-refractivity contribution is 6.00. The number of carbonyl (C=O) groups excluding carboxylic acids is 2. The number of aryl methyl sites for hydroxylation is 1. The number of nitrogens with zero attached hydrogens (tertiary/aromatic N) is 2. The van der Waals surface area contributed by atoms with Crippen LogP contribution in [0.2, 0.25) is 0 Å². The van der Waals surface area contributed by atoms with Crippen molar-refractivity contribution in [2.24, 2.45) is 0 Å². The van der Waals surface area contributed by atoms with Crippen molar-refractivity contribution in [1.29, 1.82) is 0 Å². The molecule has 5 nitrogen and oxygen atoms in total. The van der Waals surface area contributed by atoms with Crippen molar-refractivity contribution in [3.63, 3.8) is 0 Å². The summed E-state index contributed by atoms with van der Waals surface area (Å²) >= 11 is 0. The van der Waals surface area contributed by atoms with Crippen molar-refractivity contribution in [3.05, 3.63) is 17.8 Å². The number of hydrogen-bond donors (Lipinski definition) is 0. The first-order valence-corrected chi connectivity index (χ1v) is 5.42. The van der Waals surface area contributed by atoms with Crippen molar-refractivity contribution < 1.29 is 14.0 Å². The Balaban J connectivity index is 1.99. The highest BCUT2D eigenvalue weighted by Crippen LogP contribution is 2.12. The minimum Gasteiger partial charge on any atom is -0.444 e. The van der Waals surface area contributed by atoms with Crippen LogP contribution in [-0.4, -0.2) is 28.1 Å². The van der Waals surface area contributed by atoms with E-state index in [1.54, 1.807) is 11.1 Å². The lowest BCUT2D eigenvalue weighted by atomic mass is 10.1. The Labute approximate surface area is 93.4 Å². The van der Waals surface area contributed by atoms with Crippen LogP contribution in [0.3, 0.4) is 0 Å². The van der Waals surface area contributed by atoms with Crippen molar-refractivity contribution >= 4 is 11.7 Å². The van der Waals surface area contributed by atoms with Gasteiger partial charge in [-0.05, 0) is 0 Å². The van der Waals surface area contributed by atoms with Gasteiger partial charge < -0.3 is 9.32 Å². The van der Waals surface area contributed by atoms with Gasteiger partial charge in [-0.2, -0.15) is 0 Å². The molecule has 0 aliphatic carbocycles. The molecule has 2 heterocycles. The second-order valence-corrected chi connectivity index (χ2v) is 3.85. The normalized spacial score (nSPS) is 16.9. The molecule has 0 saturated carbocycles. The van der Waals surface area contributed by atoms with Gasteiger partial charge in [-0.25, -0.2) is 4.98 Å². The molecule has 0 atom stereocenters. The van der Waals surface area contributed by atoms with E-state index in [2.05, 4.69) is 4.98 Å². The zero-order valence-electron chi connectivity index (χ0n) is 9.23. The predicted molar refractivity (Wildman–Crippen MR) is 55.5 cm³/mol. The van der Waals surface area contributed by atoms with E-state index in [1.165, 1.54) is 0 Å². The molecule has 1 aliphatic rings. The maximum Gasteiger partial charge on any atom is 0.230 e. The van der Waals surface area contributed by atoms with Gasteiger partial charge in [-0.3, -0.25) is 9.59 Å². The Morgan fingerprint density at radius 1 is 1.50 bits per heavy atom. The maximum absolute atomic E-state index is 11.5. The van der Waals surface area contributed by atoms with Crippen LogP contribution in [0.5, 0.6) is 0 Å². The summed E-state index contributed by atoms with van der Waals surface area (Å²) in [4.78, 5) is 28.3. The number of carbonyl (C=O) groups is 2. The van der Waals surface area contributed by atoms with Crippen LogP contribution in [0.4, 0.5) is 0 Å². The molecule has 1 aromatic heterocycles. The summed E-state index contributed by atoms with van der Waals surface area (Å²) < 4.78 is 5.42. The molecule has 0 N–H and O–H groups in total. The molecule has 1 fully saturated rings. The first kappa shape index (κ1) is 10.9. The molecule has 16 heavy (non-hydrogen) atoms. The first-order valence-electron chi connectivity index (χ1n) is 5.42. The van der Waals surface area contributed by atoms with Gasteiger partial charge in [0.25, 0.3) is 0 Å².